The summed E-state index contributed by atoms with van der Waals surface area (Å²) in [5.74, 6) is 0.190. The number of fused-ring (bicyclic) bond motifs is 1. The first-order valence-electron chi connectivity index (χ1n) is 10.3. The van der Waals surface area contributed by atoms with Gasteiger partial charge < -0.3 is 10.2 Å². The monoisotopic (exact) mass is 410 g/mol. The fourth-order valence-corrected chi connectivity index (χ4v) is 4.52. The van der Waals surface area contributed by atoms with E-state index in [0.29, 0.717) is 24.8 Å². The van der Waals surface area contributed by atoms with E-state index in [2.05, 4.69) is 5.32 Å². The molecule has 0 spiro atoms. The molecule has 1 aromatic rings. The van der Waals surface area contributed by atoms with Crippen molar-refractivity contribution in [3.63, 3.8) is 0 Å². The van der Waals surface area contributed by atoms with Gasteiger partial charge >= 0.3 is 6.18 Å². The Kier molecular flexibility index (Phi) is 5.97. The van der Waals surface area contributed by atoms with E-state index in [-0.39, 0.29) is 17.4 Å². The lowest BCUT2D eigenvalue weighted by Gasteiger charge is -2.46. The van der Waals surface area contributed by atoms with Crippen LogP contribution in [0.3, 0.4) is 0 Å². The van der Waals surface area contributed by atoms with Gasteiger partial charge in [0.05, 0.1) is 5.56 Å². The average molecular weight is 410 g/mol. The van der Waals surface area contributed by atoms with Gasteiger partial charge in [0.15, 0.2) is 0 Å². The SMILES string of the molecule is CC(C)(C)NC(=O)[C@@H]1C[C@@H]2CCCC[C@@H]2CN1C(=O)c1ccc(C(F)(F)F)cc1. The molecule has 1 aliphatic heterocycles. The molecule has 4 nitrogen and oxygen atoms in total. The summed E-state index contributed by atoms with van der Waals surface area (Å²) in [4.78, 5) is 27.7. The number of piperidine rings is 1. The number of hydrogen-bond acceptors (Lipinski definition) is 2. The van der Waals surface area contributed by atoms with Gasteiger partial charge in [-0.25, -0.2) is 0 Å². The Bertz CT molecular complexity index is 753. The van der Waals surface area contributed by atoms with Gasteiger partial charge in [-0.2, -0.15) is 13.2 Å². The van der Waals surface area contributed by atoms with E-state index in [0.717, 1.165) is 37.8 Å². The first kappa shape index (κ1) is 21.7. The van der Waals surface area contributed by atoms with Crippen molar-refractivity contribution in [1.29, 1.82) is 0 Å². The third-order valence-corrected chi connectivity index (χ3v) is 5.92. The van der Waals surface area contributed by atoms with Crippen LogP contribution in [0.15, 0.2) is 24.3 Å². The molecule has 1 saturated carbocycles. The maximum Gasteiger partial charge on any atom is 0.416 e. The van der Waals surface area contributed by atoms with E-state index in [9.17, 15) is 22.8 Å². The second-order valence-electron chi connectivity index (χ2n) is 9.33. The van der Waals surface area contributed by atoms with Crippen LogP contribution in [0.5, 0.6) is 0 Å². The highest BCUT2D eigenvalue weighted by Gasteiger charge is 2.42. The zero-order valence-electron chi connectivity index (χ0n) is 17.2. The Hall–Kier alpha value is -2.05. The molecule has 29 heavy (non-hydrogen) atoms. The molecule has 3 rings (SSSR count). The minimum atomic E-state index is -4.45. The van der Waals surface area contributed by atoms with E-state index in [1.807, 2.05) is 20.8 Å². The summed E-state index contributed by atoms with van der Waals surface area (Å²) in [6.07, 6.45) is 0.501. The van der Waals surface area contributed by atoms with Crippen LogP contribution in [0.25, 0.3) is 0 Å². The summed E-state index contributed by atoms with van der Waals surface area (Å²) in [5.41, 5.74) is -1.04. The van der Waals surface area contributed by atoms with Crippen LogP contribution < -0.4 is 5.32 Å². The number of carbonyl (C=O) groups excluding carboxylic acids is 2. The van der Waals surface area contributed by atoms with Crippen molar-refractivity contribution in [2.75, 3.05) is 6.54 Å². The van der Waals surface area contributed by atoms with Crippen molar-refractivity contribution in [3.8, 4) is 0 Å². The van der Waals surface area contributed by atoms with Crippen LogP contribution in [0.4, 0.5) is 13.2 Å². The molecule has 0 bridgehead atoms. The largest absolute Gasteiger partial charge is 0.416 e. The standard InChI is InChI=1S/C22H29F3N2O2/c1-21(2,3)26-19(28)18-12-15-6-4-5-7-16(15)13-27(18)20(29)14-8-10-17(11-9-14)22(23,24)25/h8-11,15-16,18H,4-7,12-13H2,1-3H3,(H,26,28)/t15-,16+,18-/m0/s1. The van der Waals surface area contributed by atoms with Gasteiger partial charge in [0, 0.05) is 17.6 Å². The zero-order chi connectivity index (χ0) is 21.4. The van der Waals surface area contributed by atoms with E-state index in [1.165, 1.54) is 12.1 Å². The van der Waals surface area contributed by atoms with Crippen LogP contribution in [-0.4, -0.2) is 34.8 Å². The zero-order valence-corrected chi connectivity index (χ0v) is 17.2. The van der Waals surface area contributed by atoms with E-state index in [4.69, 9.17) is 0 Å². The lowest BCUT2D eigenvalue weighted by Crippen LogP contribution is -2.59. The Balaban J connectivity index is 1.85. The molecule has 0 radical (unpaired) electrons. The molecule has 0 aromatic heterocycles. The average Bonchev–Trinajstić information content (AvgIpc) is 2.64. The molecule has 7 heteroatoms. The fraction of sp³-hybridized carbons (Fsp3) is 0.636. The van der Waals surface area contributed by atoms with Crippen molar-refractivity contribution in [3.05, 3.63) is 35.4 Å². The minimum absolute atomic E-state index is 0.181. The molecule has 1 aromatic carbocycles. The topological polar surface area (TPSA) is 49.4 Å². The number of rotatable bonds is 2. The number of nitrogens with zero attached hydrogens (tertiary/aromatic N) is 1. The second-order valence-corrected chi connectivity index (χ2v) is 9.33. The Morgan fingerprint density at radius 3 is 2.14 bits per heavy atom. The smallest absolute Gasteiger partial charge is 0.350 e. The quantitative estimate of drug-likeness (QED) is 0.772. The normalized spacial score (nSPS) is 25.3. The summed E-state index contributed by atoms with van der Waals surface area (Å²) in [7, 11) is 0. The van der Waals surface area contributed by atoms with Crippen LogP contribution in [0.2, 0.25) is 0 Å². The molecule has 2 aliphatic rings. The molecular weight excluding hydrogens is 381 g/mol. The third-order valence-electron chi connectivity index (χ3n) is 5.92. The molecule has 1 saturated heterocycles. The number of alkyl halides is 3. The van der Waals surface area contributed by atoms with Crippen molar-refractivity contribution in [1.82, 2.24) is 10.2 Å². The summed E-state index contributed by atoms with van der Waals surface area (Å²) >= 11 is 0. The van der Waals surface area contributed by atoms with Gasteiger partial charge in [0.1, 0.15) is 6.04 Å². The van der Waals surface area contributed by atoms with E-state index < -0.39 is 23.3 Å². The van der Waals surface area contributed by atoms with Crippen LogP contribution in [0, 0.1) is 11.8 Å². The van der Waals surface area contributed by atoms with Crippen molar-refractivity contribution < 1.29 is 22.8 Å². The number of carbonyl (C=O) groups is 2. The lowest BCUT2D eigenvalue weighted by atomic mass is 9.72. The van der Waals surface area contributed by atoms with Crippen LogP contribution in [0.1, 0.15) is 68.8 Å². The van der Waals surface area contributed by atoms with Crippen molar-refractivity contribution in [2.45, 2.75) is 70.6 Å². The van der Waals surface area contributed by atoms with Gasteiger partial charge in [-0.05, 0) is 69.7 Å². The number of likely N-dealkylation sites (tertiary alicyclic amines) is 1. The van der Waals surface area contributed by atoms with Gasteiger partial charge in [-0.3, -0.25) is 9.59 Å². The summed E-state index contributed by atoms with van der Waals surface area (Å²) in [6.45, 7) is 6.14. The summed E-state index contributed by atoms with van der Waals surface area (Å²) < 4.78 is 38.5. The molecule has 2 amide bonds. The molecule has 1 N–H and O–H groups in total. The fourth-order valence-electron chi connectivity index (χ4n) is 4.52. The Labute approximate surface area is 169 Å². The lowest BCUT2D eigenvalue weighted by molar-refractivity contribution is -0.137. The molecule has 160 valence electrons. The predicted octanol–water partition coefficient (Wildman–Crippen LogP) is 4.64. The molecule has 3 atom stereocenters. The maximum atomic E-state index is 13.2. The molecule has 1 aliphatic carbocycles. The van der Waals surface area contributed by atoms with Gasteiger partial charge in [-0.15, -0.1) is 0 Å². The number of hydrogen-bond donors (Lipinski definition) is 1. The van der Waals surface area contributed by atoms with Crippen LogP contribution >= 0.6 is 0 Å². The third kappa shape index (κ3) is 5.11. The number of halogens is 3. The van der Waals surface area contributed by atoms with E-state index in [1.54, 1.807) is 4.90 Å². The summed E-state index contributed by atoms with van der Waals surface area (Å²) in [5, 5.41) is 2.97. The van der Waals surface area contributed by atoms with Gasteiger partial charge in [0.2, 0.25) is 5.91 Å². The Morgan fingerprint density at radius 2 is 1.59 bits per heavy atom. The number of benzene rings is 1. The number of nitrogens with one attached hydrogen (secondary N) is 1. The molecular formula is C22H29F3N2O2. The highest BCUT2D eigenvalue weighted by molar-refractivity contribution is 5.98. The van der Waals surface area contributed by atoms with Gasteiger partial charge in [0.25, 0.3) is 5.91 Å². The second kappa shape index (κ2) is 8.00. The molecule has 2 fully saturated rings. The van der Waals surface area contributed by atoms with Crippen molar-refractivity contribution in [2.24, 2.45) is 11.8 Å². The van der Waals surface area contributed by atoms with E-state index >= 15 is 0 Å². The minimum Gasteiger partial charge on any atom is -0.350 e. The van der Waals surface area contributed by atoms with Crippen molar-refractivity contribution >= 4 is 11.8 Å². The predicted molar refractivity (Wildman–Crippen MR) is 104 cm³/mol. The number of amides is 2. The Morgan fingerprint density at radius 1 is 1.00 bits per heavy atom. The summed E-state index contributed by atoms with van der Waals surface area (Å²) in [6, 6.07) is 3.66. The molecule has 0 unspecified atom stereocenters. The highest BCUT2D eigenvalue weighted by Crippen LogP contribution is 2.39. The molecule has 1 heterocycles. The van der Waals surface area contributed by atoms with Crippen LogP contribution in [-0.2, 0) is 11.0 Å². The first-order chi connectivity index (χ1) is 13.5. The maximum absolute atomic E-state index is 13.2. The van der Waals surface area contributed by atoms with Gasteiger partial charge in [-0.1, -0.05) is 19.3 Å². The highest BCUT2D eigenvalue weighted by atomic mass is 19.4. The first-order valence-corrected chi connectivity index (χ1v) is 10.3.